The number of aromatic nitrogens is 1. The van der Waals surface area contributed by atoms with E-state index < -0.39 is 0 Å². The highest BCUT2D eigenvalue weighted by atomic mass is 35.5. The van der Waals surface area contributed by atoms with Crippen molar-refractivity contribution in [3.8, 4) is 0 Å². The molecule has 1 amide bonds. The van der Waals surface area contributed by atoms with Crippen LogP contribution in [0.4, 0.5) is 0 Å². The van der Waals surface area contributed by atoms with E-state index >= 15 is 0 Å². The number of aliphatic hydroxyl groups is 1. The molecular formula is C10H13ClN2O2. The minimum absolute atomic E-state index is 0.0784. The van der Waals surface area contributed by atoms with Crippen LogP contribution in [0.5, 0.6) is 0 Å². The molecular weight excluding hydrogens is 216 g/mol. The van der Waals surface area contributed by atoms with Crippen molar-refractivity contribution in [3.63, 3.8) is 0 Å². The number of nitrogens with one attached hydrogen (secondary N) is 1. The summed E-state index contributed by atoms with van der Waals surface area (Å²) in [7, 11) is 0. The van der Waals surface area contributed by atoms with Gasteiger partial charge in [-0.1, -0.05) is 18.5 Å². The van der Waals surface area contributed by atoms with E-state index in [9.17, 15) is 4.79 Å². The molecule has 1 rings (SSSR count). The summed E-state index contributed by atoms with van der Waals surface area (Å²) < 4.78 is 0. The van der Waals surface area contributed by atoms with Gasteiger partial charge in [-0.2, -0.15) is 0 Å². The molecule has 1 heterocycles. The number of nitrogens with zero attached hydrogens (tertiary/aromatic N) is 1. The zero-order valence-corrected chi connectivity index (χ0v) is 9.16. The van der Waals surface area contributed by atoms with Crippen molar-refractivity contribution in [3.05, 3.63) is 29.0 Å². The summed E-state index contributed by atoms with van der Waals surface area (Å²) in [5.41, 5.74) is 0.374. The third kappa shape index (κ3) is 3.18. The van der Waals surface area contributed by atoms with E-state index in [0.29, 0.717) is 17.0 Å². The lowest BCUT2D eigenvalue weighted by atomic mass is 10.2. The zero-order chi connectivity index (χ0) is 11.3. The molecule has 4 nitrogen and oxygen atoms in total. The molecule has 15 heavy (non-hydrogen) atoms. The maximum Gasteiger partial charge on any atom is 0.253 e. The fraction of sp³-hybridized carbons (Fsp3) is 0.400. The van der Waals surface area contributed by atoms with Gasteiger partial charge < -0.3 is 10.4 Å². The first-order valence-corrected chi connectivity index (χ1v) is 5.08. The first kappa shape index (κ1) is 11.9. The van der Waals surface area contributed by atoms with Crippen LogP contribution in [0.25, 0.3) is 0 Å². The van der Waals surface area contributed by atoms with Crippen LogP contribution < -0.4 is 5.32 Å². The van der Waals surface area contributed by atoms with Crippen molar-refractivity contribution in [1.29, 1.82) is 0 Å². The first-order valence-electron chi connectivity index (χ1n) is 4.70. The molecule has 0 saturated carbocycles. The summed E-state index contributed by atoms with van der Waals surface area (Å²) in [6.07, 6.45) is 3.59. The lowest BCUT2D eigenvalue weighted by molar-refractivity contribution is 0.0915. The van der Waals surface area contributed by atoms with Crippen LogP contribution in [0.3, 0.4) is 0 Å². The first-order chi connectivity index (χ1) is 7.19. The fourth-order valence-electron chi connectivity index (χ4n) is 1.10. The summed E-state index contributed by atoms with van der Waals surface area (Å²) in [6.45, 7) is 1.81. The van der Waals surface area contributed by atoms with Crippen LogP contribution >= 0.6 is 11.6 Å². The number of pyridine rings is 1. The average Bonchev–Trinajstić information content (AvgIpc) is 2.26. The Bertz CT molecular complexity index is 340. The molecule has 5 heteroatoms. The van der Waals surface area contributed by atoms with E-state index in [1.54, 1.807) is 6.07 Å². The predicted molar refractivity (Wildman–Crippen MR) is 57.9 cm³/mol. The van der Waals surface area contributed by atoms with Gasteiger partial charge in [0.25, 0.3) is 5.91 Å². The molecule has 1 atom stereocenters. The Morgan fingerprint density at radius 3 is 3.00 bits per heavy atom. The highest BCUT2D eigenvalue weighted by Gasteiger charge is 2.13. The molecule has 2 N–H and O–H groups in total. The summed E-state index contributed by atoms with van der Waals surface area (Å²) in [5.74, 6) is -0.289. The predicted octanol–water partition coefficient (Wildman–Crippen LogP) is 1.24. The molecule has 0 aliphatic rings. The lowest BCUT2D eigenvalue weighted by Crippen LogP contribution is -2.37. The summed E-state index contributed by atoms with van der Waals surface area (Å²) >= 11 is 5.80. The molecule has 0 fully saturated rings. The second-order valence-electron chi connectivity index (χ2n) is 3.12. The van der Waals surface area contributed by atoms with Gasteiger partial charge in [0.15, 0.2) is 0 Å². The number of halogens is 1. The monoisotopic (exact) mass is 228 g/mol. The number of hydrogen-bond acceptors (Lipinski definition) is 3. The highest BCUT2D eigenvalue weighted by Crippen LogP contribution is 2.13. The maximum absolute atomic E-state index is 11.7. The van der Waals surface area contributed by atoms with E-state index in [-0.39, 0.29) is 18.6 Å². The Morgan fingerprint density at radius 2 is 2.47 bits per heavy atom. The van der Waals surface area contributed by atoms with Crippen LogP contribution in [0.2, 0.25) is 5.02 Å². The van der Waals surface area contributed by atoms with Gasteiger partial charge in [-0.05, 0) is 12.5 Å². The Hall–Kier alpha value is -1.13. The van der Waals surface area contributed by atoms with Crippen molar-refractivity contribution in [1.82, 2.24) is 10.3 Å². The summed E-state index contributed by atoms with van der Waals surface area (Å²) in [4.78, 5) is 15.4. The Balaban J connectivity index is 2.73. The van der Waals surface area contributed by atoms with Crippen molar-refractivity contribution >= 4 is 17.5 Å². The van der Waals surface area contributed by atoms with Crippen LogP contribution in [0, 0.1) is 0 Å². The SMILES string of the molecule is CC[C@@H](CO)NC(=O)c1ccncc1Cl. The van der Waals surface area contributed by atoms with Crippen molar-refractivity contribution in [2.24, 2.45) is 0 Å². The Labute approximate surface area is 93.3 Å². The number of rotatable bonds is 4. The fourth-order valence-corrected chi connectivity index (χ4v) is 1.30. The molecule has 0 bridgehead atoms. The molecule has 1 aromatic rings. The average molecular weight is 229 g/mol. The second-order valence-corrected chi connectivity index (χ2v) is 3.52. The van der Waals surface area contributed by atoms with E-state index in [2.05, 4.69) is 10.3 Å². The van der Waals surface area contributed by atoms with E-state index in [1.165, 1.54) is 12.4 Å². The van der Waals surface area contributed by atoms with Gasteiger partial charge in [-0.25, -0.2) is 0 Å². The van der Waals surface area contributed by atoms with Gasteiger partial charge in [0.2, 0.25) is 0 Å². The molecule has 82 valence electrons. The summed E-state index contributed by atoms with van der Waals surface area (Å²) in [5, 5.41) is 11.9. The van der Waals surface area contributed by atoms with Crippen LogP contribution in [-0.2, 0) is 0 Å². The molecule has 0 unspecified atom stereocenters. The lowest BCUT2D eigenvalue weighted by Gasteiger charge is -2.14. The van der Waals surface area contributed by atoms with Gasteiger partial charge >= 0.3 is 0 Å². The molecule has 0 aliphatic heterocycles. The number of carbonyl (C=O) groups excluding carboxylic acids is 1. The van der Waals surface area contributed by atoms with Gasteiger partial charge in [-0.15, -0.1) is 0 Å². The molecule has 1 aromatic heterocycles. The van der Waals surface area contributed by atoms with Crippen molar-refractivity contribution < 1.29 is 9.90 Å². The Kier molecular flexibility index (Phi) is 4.52. The zero-order valence-electron chi connectivity index (χ0n) is 8.40. The normalized spacial score (nSPS) is 12.2. The van der Waals surface area contributed by atoms with Crippen LogP contribution in [-0.4, -0.2) is 28.6 Å². The van der Waals surface area contributed by atoms with Crippen LogP contribution in [0.1, 0.15) is 23.7 Å². The third-order valence-corrected chi connectivity index (χ3v) is 2.37. The van der Waals surface area contributed by atoms with E-state index in [0.717, 1.165) is 0 Å². The van der Waals surface area contributed by atoms with Crippen LogP contribution in [0.15, 0.2) is 18.5 Å². The standard InChI is InChI=1S/C10H13ClN2O2/c1-2-7(6-14)13-10(15)8-3-4-12-5-9(8)11/h3-5,7,14H,2,6H2,1H3,(H,13,15)/t7-/m0/s1. The minimum Gasteiger partial charge on any atom is -0.394 e. The van der Waals surface area contributed by atoms with Gasteiger partial charge in [0.1, 0.15) is 0 Å². The molecule has 0 aromatic carbocycles. The number of amides is 1. The van der Waals surface area contributed by atoms with Gasteiger partial charge in [-0.3, -0.25) is 9.78 Å². The smallest absolute Gasteiger partial charge is 0.253 e. The topological polar surface area (TPSA) is 62.2 Å². The minimum atomic E-state index is -0.289. The molecule has 0 spiro atoms. The molecule has 0 saturated heterocycles. The number of aliphatic hydroxyl groups excluding tert-OH is 1. The maximum atomic E-state index is 11.7. The molecule has 0 aliphatic carbocycles. The van der Waals surface area contributed by atoms with E-state index in [4.69, 9.17) is 16.7 Å². The summed E-state index contributed by atoms with van der Waals surface area (Å²) in [6, 6.07) is 1.31. The number of carbonyl (C=O) groups is 1. The Morgan fingerprint density at radius 1 is 1.73 bits per heavy atom. The third-order valence-electron chi connectivity index (χ3n) is 2.07. The number of hydrogen-bond donors (Lipinski definition) is 2. The highest BCUT2D eigenvalue weighted by molar-refractivity contribution is 6.33. The largest absolute Gasteiger partial charge is 0.394 e. The quantitative estimate of drug-likeness (QED) is 0.815. The van der Waals surface area contributed by atoms with Crippen molar-refractivity contribution in [2.45, 2.75) is 19.4 Å². The van der Waals surface area contributed by atoms with Gasteiger partial charge in [0.05, 0.1) is 23.2 Å². The van der Waals surface area contributed by atoms with Gasteiger partial charge in [0, 0.05) is 12.4 Å². The van der Waals surface area contributed by atoms with E-state index in [1.807, 2.05) is 6.92 Å². The van der Waals surface area contributed by atoms with Crippen molar-refractivity contribution in [2.75, 3.05) is 6.61 Å². The molecule has 0 radical (unpaired) electrons. The second kappa shape index (κ2) is 5.68.